The number of carbonyl (C=O) groups excluding carboxylic acids is 1. The van der Waals surface area contributed by atoms with E-state index in [0.717, 1.165) is 32.5 Å². The van der Waals surface area contributed by atoms with Gasteiger partial charge < -0.3 is 11.5 Å². The number of carbonyl (C=O) groups is 1. The van der Waals surface area contributed by atoms with Gasteiger partial charge in [0.25, 0.3) is 5.91 Å². The first kappa shape index (κ1) is 14.0. The largest absolute Gasteiger partial charge is 0.363 e. The van der Waals surface area contributed by atoms with Crippen molar-refractivity contribution in [2.45, 2.75) is 38.3 Å². The highest BCUT2D eigenvalue weighted by molar-refractivity contribution is 5.88. The molecular formula is C12H22N6O. The average Bonchev–Trinajstić information content (AvgIpc) is 2.76. The van der Waals surface area contributed by atoms with E-state index in [2.05, 4.69) is 15.0 Å². The van der Waals surface area contributed by atoms with Gasteiger partial charge in [-0.15, -0.1) is 5.10 Å². The Bertz CT molecular complexity index is 449. The van der Waals surface area contributed by atoms with Crippen molar-refractivity contribution >= 4 is 5.91 Å². The van der Waals surface area contributed by atoms with E-state index in [-0.39, 0.29) is 17.4 Å². The first-order valence-electron chi connectivity index (χ1n) is 6.57. The summed E-state index contributed by atoms with van der Waals surface area (Å²) in [7, 11) is 0. The first-order chi connectivity index (χ1) is 8.85. The number of primary amides is 1. The van der Waals surface area contributed by atoms with Crippen LogP contribution in [0.2, 0.25) is 0 Å². The lowest BCUT2D eigenvalue weighted by Gasteiger charge is -2.36. The monoisotopic (exact) mass is 266 g/mol. The molecular weight excluding hydrogens is 244 g/mol. The van der Waals surface area contributed by atoms with E-state index in [1.807, 2.05) is 13.8 Å². The van der Waals surface area contributed by atoms with E-state index in [1.165, 1.54) is 0 Å². The number of piperidine rings is 1. The van der Waals surface area contributed by atoms with Crippen molar-refractivity contribution in [2.75, 3.05) is 19.6 Å². The lowest BCUT2D eigenvalue weighted by Crippen LogP contribution is -2.48. The molecule has 0 aliphatic carbocycles. The summed E-state index contributed by atoms with van der Waals surface area (Å²) < 4.78 is 1.75. The van der Waals surface area contributed by atoms with Gasteiger partial charge >= 0.3 is 0 Å². The normalized spacial score (nSPS) is 21.5. The minimum absolute atomic E-state index is 0.0799. The Hall–Kier alpha value is -1.47. The molecule has 1 unspecified atom stereocenters. The molecule has 1 fully saturated rings. The molecule has 2 rings (SSSR count). The lowest BCUT2D eigenvalue weighted by atomic mass is 10.0. The molecule has 1 amide bonds. The molecule has 1 saturated heterocycles. The predicted molar refractivity (Wildman–Crippen MR) is 71.5 cm³/mol. The number of likely N-dealkylation sites (tertiary alicyclic amines) is 1. The Kier molecular flexibility index (Phi) is 3.86. The molecule has 0 radical (unpaired) electrons. The van der Waals surface area contributed by atoms with E-state index in [0.29, 0.717) is 0 Å². The fraction of sp³-hybridized carbons (Fsp3) is 0.750. The number of nitrogens with zero attached hydrogens (tertiary/aromatic N) is 4. The summed E-state index contributed by atoms with van der Waals surface area (Å²) in [4.78, 5) is 17.3. The Balaban J connectivity index is 2.02. The molecule has 106 valence electrons. The van der Waals surface area contributed by atoms with Crippen LogP contribution in [0, 0.1) is 0 Å². The molecule has 2 heterocycles. The summed E-state index contributed by atoms with van der Waals surface area (Å²) in [6.45, 7) is 6.83. The summed E-state index contributed by atoms with van der Waals surface area (Å²) in [5, 5.41) is 4.14. The molecule has 1 aliphatic rings. The molecule has 0 aromatic carbocycles. The van der Waals surface area contributed by atoms with Crippen LogP contribution >= 0.6 is 0 Å². The van der Waals surface area contributed by atoms with Crippen molar-refractivity contribution in [3.63, 3.8) is 0 Å². The Morgan fingerprint density at radius 2 is 2.32 bits per heavy atom. The predicted octanol–water partition coefficient (Wildman–Crippen LogP) is -0.249. The second kappa shape index (κ2) is 5.26. The van der Waals surface area contributed by atoms with Crippen molar-refractivity contribution in [2.24, 2.45) is 11.5 Å². The standard InChI is InChI=1S/C12H22N6O/c1-12(2,14)7-17-5-3-4-9(6-17)18-8-15-11(16-18)10(13)19/h8-9H,3-7,14H2,1-2H3,(H2,13,19). The maximum atomic E-state index is 11.0. The molecule has 4 N–H and O–H groups in total. The van der Waals surface area contributed by atoms with Crippen LogP contribution in [-0.4, -0.2) is 50.7 Å². The van der Waals surface area contributed by atoms with Gasteiger partial charge in [0, 0.05) is 18.6 Å². The van der Waals surface area contributed by atoms with Gasteiger partial charge in [0.2, 0.25) is 5.82 Å². The van der Waals surface area contributed by atoms with Crippen molar-refractivity contribution in [3.05, 3.63) is 12.2 Å². The van der Waals surface area contributed by atoms with Gasteiger partial charge in [-0.3, -0.25) is 9.69 Å². The highest BCUT2D eigenvalue weighted by atomic mass is 16.1. The third kappa shape index (κ3) is 3.74. The molecule has 7 heteroatoms. The van der Waals surface area contributed by atoms with Crippen LogP contribution in [0.1, 0.15) is 43.3 Å². The van der Waals surface area contributed by atoms with Crippen molar-refractivity contribution in [1.29, 1.82) is 0 Å². The van der Waals surface area contributed by atoms with Gasteiger partial charge in [-0.2, -0.15) is 0 Å². The summed E-state index contributed by atoms with van der Waals surface area (Å²) in [6.07, 6.45) is 3.71. The molecule has 0 saturated carbocycles. The van der Waals surface area contributed by atoms with E-state index >= 15 is 0 Å². The molecule has 7 nitrogen and oxygen atoms in total. The van der Waals surface area contributed by atoms with E-state index in [4.69, 9.17) is 11.5 Å². The molecule has 19 heavy (non-hydrogen) atoms. The van der Waals surface area contributed by atoms with Crippen LogP contribution < -0.4 is 11.5 Å². The highest BCUT2D eigenvalue weighted by Crippen LogP contribution is 2.21. The molecule has 0 spiro atoms. The van der Waals surface area contributed by atoms with Crippen LogP contribution in [0.5, 0.6) is 0 Å². The third-order valence-corrected chi connectivity index (χ3v) is 3.21. The minimum atomic E-state index is -0.588. The number of amides is 1. The van der Waals surface area contributed by atoms with Crippen molar-refractivity contribution in [1.82, 2.24) is 19.7 Å². The van der Waals surface area contributed by atoms with E-state index in [1.54, 1.807) is 11.0 Å². The summed E-state index contributed by atoms with van der Waals surface area (Å²) in [5.41, 5.74) is 11.0. The van der Waals surface area contributed by atoms with Crippen molar-refractivity contribution in [3.8, 4) is 0 Å². The van der Waals surface area contributed by atoms with E-state index in [9.17, 15) is 4.79 Å². The Labute approximate surface area is 113 Å². The van der Waals surface area contributed by atoms with Crippen LogP contribution in [0.3, 0.4) is 0 Å². The molecule has 1 aromatic rings. The number of hydrogen-bond donors (Lipinski definition) is 2. The van der Waals surface area contributed by atoms with Crippen LogP contribution in [0.25, 0.3) is 0 Å². The van der Waals surface area contributed by atoms with Gasteiger partial charge in [-0.25, -0.2) is 9.67 Å². The van der Waals surface area contributed by atoms with Gasteiger partial charge in [0.15, 0.2) is 0 Å². The van der Waals surface area contributed by atoms with Gasteiger partial charge in [-0.1, -0.05) is 0 Å². The van der Waals surface area contributed by atoms with Gasteiger partial charge in [-0.05, 0) is 33.2 Å². The zero-order valence-corrected chi connectivity index (χ0v) is 11.5. The number of hydrogen-bond acceptors (Lipinski definition) is 5. The maximum Gasteiger partial charge on any atom is 0.288 e. The molecule has 1 atom stereocenters. The molecule has 1 aliphatic heterocycles. The number of nitrogens with two attached hydrogens (primary N) is 2. The maximum absolute atomic E-state index is 11.0. The van der Waals surface area contributed by atoms with Crippen LogP contribution in [0.15, 0.2) is 6.33 Å². The summed E-state index contributed by atoms with van der Waals surface area (Å²) >= 11 is 0. The van der Waals surface area contributed by atoms with Crippen LogP contribution in [-0.2, 0) is 0 Å². The molecule has 1 aromatic heterocycles. The van der Waals surface area contributed by atoms with Crippen LogP contribution in [0.4, 0.5) is 0 Å². The SMILES string of the molecule is CC(C)(N)CN1CCCC(n2cnc(C(N)=O)n2)C1. The fourth-order valence-electron chi connectivity index (χ4n) is 2.53. The zero-order chi connectivity index (χ0) is 14.0. The highest BCUT2D eigenvalue weighted by Gasteiger charge is 2.25. The topological polar surface area (TPSA) is 103 Å². The zero-order valence-electron chi connectivity index (χ0n) is 11.5. The van der Waals surface area contributed by atoms with Gasteiger partial charge in [0.05, 0.1) is 6.04 Å². The third-order valence-electron chi connectivity index (χ3n) is 3.21. The second-order valence-electron chi connectivity index (χ2n) is 5.93. The van der Waals surface area contributed by atoms with Crippen molar-refractivity contribution < 1.29 is 4.79 Å². The Morgan fingerprint density at radius 1 is 1.58 bits per heavy atom. The summed E-state index contributed by atoms with van der Waals surface area (Å²) in [6, 6.07) is 0.233. The minimum Gasteiger partial charge on any atom is -0.363 e. The lowest BCUT2D eigenvalue weighted by molar-refractivity contribution is 0.0988. The van der Waals surface area contributed by atoms with Gasteiger partial charge in [0.1, 0.15) is 6.33 Å². The summed E-state index contributed by atoms with van der Waals surface area (Å²) in [5.74, 6) is -0.509. The molecule has 0 bridgehead atoms. The smallest absolute Gasteiger partial charge is 0.288 e. The van der Waals surface area contributed by atoms with E-state index < -0.39 is 5.91 Å². The number of rotatable bonds is 4. The fourth-order valence-corrected chi connectivity index (χ4v) is 2.53. The average molecular weight is 266 g/mol. The Morgan fingerprint density at radius 3 is 2.89 bits per heavy atom. The quantitative estimate of drug-likeness (QED) is 0.782. The first-order valence-corrected chi connectivity index (χ1v) is 6.57. The second-order valence-corrected chi connectivity index (χ2v) is 5.93. The number of aromatic nitrogens is 3.